The molecule has 0 fully saturated rings. The van der Waals surface area contributed by atoms with E-state index in [-0.39, 0.29) is 0 Å². The minimum absolute atomic E-state index is 0.562. The van der Waals surface area contributed by atoms with E-state index in [2.05, 4.69) is 33.0 Å². The lowest BCUT2D eigenvalue weighted by atomic mass is 10.2. The van der Waals surface area contributed by atoms with Crippen LogP contribution in [0.3, 0.4) is 0 Å². The first-order chi connectivity index (χ1) is 4.16. The second-order valence-corrected chi connectivity index (χ2v) is 3.02. The summed E-state index contributed by atoms with van der Waals surface area (Å²) in [7, 11) is 0. The van der Waals surface area contributed by atoms with Crippen molar-refractivity contribution < 1.29 is 0 Å². The molecule has 55 valence electrons. The Morgan fingerprint density at radius 2 is 1.78 bits per heavy atom. The Labute approximate surface area is 58.8 Å². The topological polar surface area (TPSA) is 14.1 Å². The van der Waals surface area contributed by atoms with E-state index in [1.807, 2.05) is 0 Å². The van der Waals surface area contributed by atoms with E-state index < -0.39 is 0 Å². The van der Waals surface area contributed by atoms with E-state index in [0.29, 0.717) is 6.04 Å². The van der Waals surface area contributed by atoms with Crippen LogP contribution in [0.2, 0.25) is 0 Å². The molecule has 1 nitrogen and oxygen atoms in total. The maximum absolute atomic E-state index is 4.44. The van der Waals surface area contributed by atoms with Gasteiger partial charge in [0, 0.05) is 12.6 Å². The Morgan fingerprint density at radius 3 is 2.11 bits per heavy atom. The minimum Gasteiger partial charge on any atom is -0.238 e. The van der Waals surface area contributed by atoms with E-state index in [0.717, 1.165) is 12.5 Å². The van der Waals surface area contributed by atoms with Crippen LogP contribution in [0.25, 0.3) is 0 Å². The zero-order valence-electron chi connectivity index (χ0n) is 7.02. The van der Waals surface area contributed by atoms with Crippen molar-refractivity contribution in [1.29, 1.82) is 0 Å². The average Bonchev–Trinajstić information content (AvgIpc) is 1.83. The Morgan fingerprint density at radius 1 is 1.22 bits per heavy atom. The molecule has 0 aromatic heterocycles. The van der Waals surface area contributed by atoms with Crippen molar-refractivity contribution >= 4 is 0 Å². The SMILES string of the molecule is CCC(C)[N]CC(C)C. The molecule has 0 amide bonds. The second kappa shape index (κ2) is 4.80. The zero-order valence-corrected chi connectivity index (χ0v) is 7.02. The van der Waals surface area contributed by atoms with Crippen molar-refractivity contribution in [1.82, 2.24) is 5.32 Å². The van der Waals surface area contributed by atoms with Gasteiger partial charge >= 0.3 is 0 Å². The lowest BCUT2D eigenvalue weighted by Crippen LogP contribution is -2.21. The largest absolute Gasteiger partial charge is 0.238 e. The van der Waals surface area contributed by atoms with Crippen LogP contribution in [0, 0.1) is 5.92 Å². The van der Waals surface area contributed by atoms with Gasteiger partial charge in [0.15, 0.2) is 0 Å². The first kappa shape index (κ1) is 8.96. The van der Waals surface area contributed by atoms with Crippen LogP contribution < -0.4 is 5.32 Å². The zero-order chi connectivity index (χ0) is 7.28. The normalized spacial score (nSPS) is 14.3. The molecule has 0 aliphatic heterocycles. The number of hydrogen-bond acceptors (Lipinski definition) is 0. The molecule has 0 saturated heterocycles. The monoisotopic (exact) mass is 128 g/mol. The van der Waals surface area contributed by atoms with Crippen molar-refractivity contribution in [3.05, 3.63) is 0 Å². The molecule has 0 aliphatic carbocycles. The molecule has 1 unspecified atom stereocenters. The molecule has 0 rings (SSSR count). The average molecular weight is 128 g/mol. The van der Waals surface area contributed by atoms with Gasteiger partial charge in [-0.15, -0.1) is 0 Å². The lowest BCUT2D eigenvalue weighted by Gasteiger charge is -2.09. The molecule has 0 bridgehead atoms. The fourth-order valence-corrected chi connectivity index (χ4v) is 0.520. The van der Waals surface area contributed by atoms with E-state index in [9.17, 15) is 0 Å². The third-order valence-electron chi connectivity index (χ3n) is 1.37. The summed E-state index contributed by atoms with van der Waals surface area (Å²) in [5.74, 6) is 0.721. The summed E-state index contributed by atoms with van der Waals surface area (Å²) in [6.45, 7) is 9.77. The van der Waals surface area contributed by atoms with Gasteiger partial charge in [-0.1, -0.05) is 20.8 Å². The first-order valence-corrected chi connectivity index (χ1v) is 3.83. The van der Waals surface area contributed by atoms with Gasteiger partial charge in [-0.25, -0.2) is 5.32 Å². The first-order valence-electron chi connectivity index (χ1n) is 3.83. The summed E-state index contributed by atoms with van der Waals surface area (Å²) >= 11 is 0. The molecule has 1 heteroatoms. The molecule has 0 saturated carbocycles. The summed E-state index contributed by atoms with van der Waals surface area (Å²) in [4.78, 5) is 0. The van der Waals surface area contributed by atoms with Crippen LogP contribution in [0.4, 0.5) is 0 Å². The fraction of sp³-hybridized carbons (Fsp3) is 1.00. The molecule has 0 aromatic carbocycles. The van der Waals surface area contributed by atoms with Crippen molar-refractivity contribution in [2.24, 2.45) is 5.92 Å². The number of nitrogens with zero attached hydrogens (tertiary/aromatic N) is 1. The van der Waals surface area contributed by atoms with Gasteiger partial charge in [0.1, 0.15) is 0 Å². The molecule has 0 heterocycles. The molecular formula is C8H18N. The minimum atomic E-state index is 0.562. The van der Waals surface area contributed by atoms with Crippen LogP contribution in [0.5, 0.6) is 0 Å². The van der Waals surface area contributed by atoms with Gasteiger partial charge in [0.05, 0.1) is 0 Å². The molecule has 1 radical (unpaired) electrons. The molecule has 0 aromatic rings. The highest BCUT2D eigenvalue weighted by molar-refractivity contribution is 4.57. The van der Waals surface area contributed by atoms with Crippen molar-refractivity contribution in [3.8, 4) is 0 Å². The fourth-order valence-electron chi connectivity index (χ4n) is 0.520. The molecule has 0 N–H and O–H groups in total. The summed E-state index contributed by atoms with van der Waals surface area (Å²) in [6.07, 6.45) is 1.17. The van der Waals surface area contributed by atoms with Crippen molar-refractivity contribution in [2.45, 2.75) is 40.2 Å². The van der Waals surface area contributed by atoms with Gasteiger partial charge in [0.25, 0.3) is 0 Å². The lowest BCUT2D eigenvalue weighted by molar-refractivity contribution is 0.466. The maximum atomic E-state index is 4.44. The number of hydrogen-bond donors (Lipinski definition) is 0. The van der Waals surface area contributed by atoms with Crippen LogP contribution in [-0.4, -0.2) is 12.6 Å². The molecule has 0 spiro atoms. The smallest absolute Gasteiger partial charge is 0.0215 e. The van der Waals surface area contributed by atoms with Crippen molar-refractivity contribution in [2.75, 3.05) is 6.54 Å². The molecule has 0 aliphatic rings. The summed E-state index contributed by atoms with van der Waals surface area (Å²) < 4.78 is 0. The highest BCUT2D eigenvalue weighted by atomic mass is 14.9. The van der Waals surface area contributed by atoms with E-state index in [4.69, 9.17) is 0 Å². The van der Waals surface area contributed by atoms with Crippen LogP contribution in [-0.2, 0) is 0 Å². The Hall–Kier alpha value is -0.0400. The number of rotatable bonds is 4. The van der Waals surface area contributed by atoms with Crippen LogP contribution in [0.15, 0.2) is 0 Å². The van der Waals surface area contributed by atoms with E-state index in [1.54, 1.807) is 0 Å². The third-order valence-corrected chi connectivity index (χ3v) is 1.37. The highest BCUT2D eigenvalue weighted by Crippen LogP contribution is 1.94. The summed E-state index contributed by atoms with van der Waals surface area (Å²) in [5.41, 5.74) is 0. The summed E-state index contributed by atoms with van der Waals surface area (Å²) in [5, 5.41) is 4.44. The Bertz CT molecular complexity index is 59.6. The van der Waals surface area contributed by atoms with Crippen LogP contribution >= 0.6 is 0 Å². The van der Waals surface area contributed by atoms with E-state index in [1.165, 1.54) is 6.42 Å². The van der Waals surface area contributed by atoms with Crippen molar-refractivity contribution in [3.63, 3.8) is 0 Å². The Balaban J connectivity index is 3.06. The second-order valence-electron chi connectivity index (χ2n) is 3.02. The maximum Gasteiger partial charge on any atom is 0.0215 e. The summed E-state index contributed by atoms with van der Waals surface area (Å²) in [6, 6.07) is 0.562. The van der Waals surface area contributed by atoms with Gasteiger partial charge in [-0.05, 0) is 19.3 Å². The van der Waals surface area contributed by atoms with Gasteiger partial charge in [-0.3, -0.25) is 0 Å². The molecule has 1 atom stereocenters. The molecule has 9 heavy (non-hydrogen) atoms. The van der Waals surface area contributed by atoms with Gasteiger partial charge in [-0.2, -0.15) is 0 Å². The molecular weight excluding hydrogens is 110 g/mol. The van der Waals surface area contributed by atoms with Crippen LogP contribution in [0.1, 0.15) is 34.1 Å². The predicted molar refractivity (Wildman–Crippen MR) is 41.6 cm³/mol. The predicted octanol–water partition coefficient (Wildman–Crippen LogP) is 2.05. The van der Waals surface area contributed by atoms with Gasteiger partial charge < -0.3 is 0 Å². The highest BCUT2D eigenvalue weighted by Gasteiger charge is 1.99. The quantitative estimate of drug-likeness (QED) is 0.550. The third kappa shape index (κ3) is 5.84. The van der Waals surface area contributed by atoms with Gasteiger partial charge in [0.2, 0.25) is 0 Å². The Kier molecular flexibility index (Phi) is 4.78. The standard InChI is InChI=1S/C8H18N/c1-5-8(4)9-6-7(2)3/h7-8H,5-6H2,1-4H3. The van der Waals surface area contributed by atoms with E-state index >= 15 is 0 Å².